The molecule has 0 aliphatic carbocycles. The van der Waals surface area contributed by atoms with Crippen molar-refractivity contribution < 1.29 is 37.7 Å². The molecule has 0 heterocycles. The van der Waals surface area contributed by atoms with E-state index in [1.54, 1.807) is 13.8 Å². The highest BCUT2D eigenvalue weighted by molar-refractivity contribution is 7.79. The molecule has 14 nitrogen and oxygen atoms in total. The summed E-state index contributed by atoms with van der Waals surface area (Å²) in [6, 6.07) is 10.9. The van der Waals surface area contributed by atoms with Gasteiger partial charge in [-0.3, -0.25) is 29.3 Å². The van der Waals surface area contributed by atoms with Crippen molar-refractivity contribution in [2.45, 2.75) is 27.7 Å². The Morgan fingerprint density at radius 2 is 1.03 bits per heavy atom. The van der Waals surface area contributed by atoms with Crippen molar-refractivity contribution >= 4 is 21.8 Å². The highest BCUT2D eigenvalue weighted by Crippen LogP contribution is 2.27. The zero-order valence-electron chi connectivity index (χ0n) is 16.8. The van der Waals surface area contributed by atoms with Crippen molar-refractivity contribution in [3.8, 4) is 0 Å². The molecule has 2 rings (SSSR count). The van der Waals surface area contributed by atoms with Crippen molar-refractivity contribution in [2.24, 2.45) is 0 Å². The Hall–Kier alpha value is -3.69. The third kappa shape index (κ3) is 16.9. The van der Waals surface area contributed by atoms with Crippen molar-refractivity contribution in [1.82, 2.24) is 0 Å². The molecule has 0 aliphatic rings. The molecule has 0 amide bonds. The Labute approximate surface area is 176 Å². The van der Waals surface area contributed by atoms with Gasteiger partial charge in [-0.15, -0.1) is 10.1 Å². The van der Waals surface area contributed by atoms with Gasteiger partial charge in [0.2, 0.25) is 0 Å². The first-order chi connectivity index (χ1) is 14.0. The van der Waals surface area contributed by atoms with E-state index in [1.807, 2.05) is 0 Å². The Balaban J connectivity index is 0. The predicted molar refractivity (Wildman–Crippen MR) is 108 cm³/mol. The monoisotopic (exact) mass is 463 g/mol. The van der Waals surface area contributed by atoms with E-state index in [9.17, 15) is 20.2 Å². The second kappa shape index (κ2) is 13.5. The molecular weight excluding hydrogens is 442 g/mol. The summed E-state index contributed by atoms with van der Waals surface area (Å²) in [7, 11) is -4.67. The molecule has 2 aromatic rings. The average Bonchev–Trinajstić information content (AvgIpc) is 2.52. The normalized spacial score (nSPS) is 9.48. The zero-order chi connectivity index (χ0) is 24.9. The van der Waals surface area contributed by atoms with Gasteiger partial charge >= 0.3 is 10.4 Å². The third-order valence-electron chi connectivity index (χ3n) is 3.08. The smallest absolute Gasteiger partial charge is 0.328 e. The van der Waals surface area contributed by atoms with Gasteiger partial charge in [0.05, 0.1) is 15.9 Å². The van der Waals surface area contributed by atoms with E-state index >= 15 is 0 Å². The molecule has 172 valence electrons. The second-order valence-electron chi connectivity index (χ2n) is 5.78. The summed E-state index contributed by atoms with van der Waals surface area (Å²) in [4.78, 5) is 28.1. The Morgan fingerprint density at radius 3 is 1.23 bits per heavy atom. The van der Waals surface area contributed by atoms with Crippen LogP contribution in [0.5, 0.6) is 0 Å². The van der Waals surface area contributed by atoms with Gasteiger partial charge in [0.1, 0.15) is 0 Å². The van der Waals surface area contributed by atoms with E-state index in [4.69, 9.17) is 32.8 Å². The minimum absolute atomic E-state index is 0.220. The molecule has 0 aliphatic heterocycles. The van der Waals surface area contributed by atoms with Crippen LogP contribution in [0, 0.1) is 58.0 Å². The molecule has 15 heteroatoms. The van der Waals surface area contributed by atoms with Crippen LogP contribution in [0.15, 0.2) is 36.4 Å². The molecule has 0 atom stereocenters. The molecular formula is C16H21N3O11S. The average molecular weight is 463 g/mol. The molecule has 31 heavy (non-hydrogen) atoms. The number of aryl methyl sites for hydroxylation is 4. The Morgan fingerprint density at radius 1 is 0.742 bits per heavy atom. The molecule has 0 spiro atoms. The first kappa shape index (κ1) is 29.5. The summed E-state index contributed by atoms with van der Waals surface area (Å²) in [5.41, 5.74) is 3.09. The van der Waals surface area contributed by atoms with Gasteiger partial charge in [0.15, 0.2) is 0 Å². The number of nitro benzene ring substituents is 2. The molecule has 0 radical (unpaired) electrons. The van der Waals surface area contributed by atoms with Gasteiger partial charge in [-0.25, -0.2) is 0 Å². The van der Waals surface area contributed by atoms with Gasteiger partial charge in [0, 0.05) is 11.1 Å². The lowest BCUT2D eigenvalue weighted by Crippen LogP contribution is -1.97. The fraction of sp³-hybridized carbons (Fsp3) is 0.250. The number of benzene rings is 2. The van der Waals surface area contributed by atoms with Gasteiger partial charge in [-0.2, -0.15) is 8.42 Å². The fourth-order valence-electron chi connectivity index (χ4n) is 2.03. The molecule has 2 aromatic carbocycles. The van der Waals surface area contributed by atoms with Crippen LogP contribution in [-0.2, 0) is 10.4 Å². The quantitative estimate of drug-likeness (QED) is 0.332. The van der Waals surface area contributed by atoms with Crippen LogP contribution in [0.3, 0.4) is 0 Å². The van der Waals surface area contributed by atoms with Gasteiger partial charge in [-0.1, -0.05) is 35.4 Å². The number of nitro groups is 2. The van der Waals surface area contributed by atoms with Crippen molar-refractivity contribution in [3.63, 3.8) is 0 Å². The van der Waals surface area contributed by atoms with Crippen LogP contribution in [-0.4, -0.2) is 37.7 Å². The van der Waals surface area contributed by atoms with Crippen LogP contribution >= 0.6 is 0 Å². The van der Waals surface area contributed by atoms with Crippen LogP contribution < -0.4 is 0 Å². The van der Waals surface area contributed by atoms with Crippen molar-refractivity contribution in [3.05, 3.63) is 89.0 Å². The van der Waals surface area contributed by atoms with E-state index < -0.39 is 25.3 Å². The largest absolute Gasteiger partial charge is 0.394 e. The van der Waals surface area contributed by atoms with E-state index in [-0.39, 0.29) is 11.4 Å². The topological polar surface area (TPSA) is 224 Å². The Kier molecular flexibility index (Phi) is 12.9. The second-order valence-corrected chi connectivity index (χ2v) is 6.68. The maximum Gasteiger partial charge on any atom is 0.394 e. The van der Waals surface area contributed by atoms with Crippen LogP contribution in [0.4, 0.5) is 11.4 Å². The molecule has 0 fully saturated rings. The molecule has 0 aromatic heterocycles. The number of rotatable bonds is 2. The summed E-state index contributed by atoms with van der Waals surface area (Å²) in [5, 5.41) is 34.6. The predicted octanol–water partition coefficient (Wildman–Crippen LogP) is 3.42. The van der Waals surface area contributed by atoms with E-state index in [0.717, 1.165) is 6.07 Å². The highest BCUT2D eigenvalue weighted by atomic mass is 32.3. The maximum absolute atomic E-state index is 10.5. The molecule has 0 saturated carbocycles. The van der Waals surface area contributed by atoms with Gasteiger partial charge in [0.25, 0.3) is 16.5 Å². The van der Waals surface area contributed by atoms with Gasteiger partial charge in [-0.05, 0) is 33.8 Å². The van der Waals surface area contributed by atoms with Crippen LogP contribution in [0.2, 0.25) is 0 Å². The lowest BCUT2D eigenvalue weighted by atomic mass is 10.1. The Bertz CT molecular complexity index is 959. The third-order valence-corrected chi connectivity index (χ3v) is 3.08. The lowest BCUT2D eigenvalue weighted by molar-refractivity contribution is -0.742. The van der Waals surface area contributed by atoms with E-state index in [0.29, 0.717) is 11.1 Å². The first-order valence-corrected chi connectivity index (χ1v) is 9.31. The highest BCUT2D eigenvalue weighted by Gasteiger charge is 2.19. The van der Waals surface area contributed by atoms with Gasteiger partial charge < -0.3 is 5.21 Å². The zero-order valence-corrected chi connectivity index (χ0v) is 17.6. The SMILES string of the molecule is Cc1cc(C)c([N+](=O)[O-])cc1[N+](=O)[O-].Cc1cccc(C)c1.O=S(=O)(O)O.O=[N+]([O-])O. The summed E-state index contributed by atoms with van der Waals surface area (Å²) in [6.45, 7) is 7.31. The number of nitrogens with zero attached hydrogens (tertiary/aromatic N) is 3. The number of hydrogen-bond donors (Lipinski definition) is 3. The van der Waals surface area contributed by atoms with Crippen molar-refractivity contribution in [1.29, 1.82) is 0 Å². The minimum atomic E-state index is -4.67. The summed E-state index contributed by atoms with van der Waals surface area (Å²) in [5.74, 6) is 0. The fourth-order valence-corrected chi connectivity index (χ4v) is 2.03. The molecule has 3 N–H and O–H groups in total. The standard InChI is InChI=1S/C8H8N2O4.C8H10.HNO3.H2O4S/c1-5-3-6(2)8(10(13)14)4-7(5)9(11)12;1-7-4-3-5-8(2)6-7;2-1(3)4;1-5(2,3)4/h3-4H,1-2H3;3-6H,1-2H3;(H,2,3,4);(H2,1,2,3,4). The molecule has 0 bridgehead atoms. The first-order valence-electron chi connectivity index (χ1n) is 7.92. The van der Waals surface area contributed by atoms with E-state index in [2.05, 4.69) is 38.1 Å². The summed E-state index contributed by atoms with van der Waals surface area (Å²) < 4.78 is 31.6. The van der Waals surface area contributed by atoms with Crippen molar-refractivity contribution in [2.75, 3.05) is 0 Å². The molecule has 0 unspecified atom stereocenters. The lowest BCUT2D eigenvalue weighted by Gasteiger charge is -1.99. The summed E-state index contributed by atoms with van der Waals surface area (Å²) >= 11 is 0. The molecule has 0 saturated heterocycles. The maximum atomic E-state index is 10.5. The summed E-state index contributed by atoms with van der Waals surface area (Å²) in [6.07, 6.45) is 0. The van der Waals surface area contributed by atoms with Crippen LogP contribution in [0.25, 0.3) is 0 Å². The minimum Gasteiger partial charge on any atom is -0.328 e. The van der Waals surface area contributed by atoms with E-state index in [1.165, 1.54) is 17.2 Å². The number of hydrogen-bond acceptors (Lipinski definition) is 8. The van der Waals surface area contributed by atoms with Crippen LogP contribution in [0.1, 0.15) is 22.3 Å².